The molecule has 0 amide bonds. The quantitative estimate of drug-likeness (QED) is 0.889. The molecule has 1 aromatic heterocycles. The summed E-state index contributed by atoms with van der Waals surface area (Å²) < 4.78 is 7.38. The maximum atomic E-state index is 6.27. The molecule has 0 aliphatic rings. The van der Waals surface area contributed by atoms with Crippen LogP contribution >= 0.6 is 11.6 Å². The Balaban J connectivity index is 2.40. The molecule has 0 aliphatic heterocycles. The molecule has 0 radical (unpaired) electrons. The van der Waals surface area contributed by atoms with E-state index in [1.165, 1.54) is 0 Å². The SMILES string of the molecule is CCNC(c1cccc(OCC)c1)c1c(Cl)cnn1C. The molecule has 0 saturated heterocycles. The Hall–Kier alpha value is -1.52. The van der Waals surface area contributed by atoms with Gasteiger partial charge in [-0.25, -0.2) is 0 Å². The van der Waals surface area contributed by atoms with Gasteiger partial charge < -0.3 is 10.1 Å². The number of halogens is 1. The lowest BCUT2D eigenvalue weighted by Gasteiger charge is -2.20. The van der Waals surface area contributed by atoms with Crippen LogP contribution in [0.15, 0.2) is 30.5 Å². The van der Waals surface area contributed by atoms with E-state index < -0.39 is 0 Å². The first-order valence-electron chi connectivity index (χ1n) is 6.80. The molecular weight excluding hydrogens is 274 g/mol. The third kappa shape index (κ3) is 3.14. The highest BCUT2D eigenvalue weighted by Crippen LogP contribution is 2.29. The van der Waals surface area contributed by atoms with Crippen LogP contribution in [0.1, 0.15) is 31.1 Å². The molecule has 0 spiro atoms. The maximum Gasteiger partial charge on any atom is 0.119 e. The van der Waals surface area contributed by atoms with E-state index in [9.17, 15) is 0 Å². The molecule has 1 heterocycles. The molecule has 20 heavy (non-hydrogen) atoms. The van der Waals surface area contributed by atoms with Gasteiger partial charge in [0.25, 0.3) is 0 Å². The van der Waals surface area contributed by atoms with Crippen molar-refractivity contribution in [2.45, 2.75) is 19.9 Å². The molecule has 0 fully saturated rings. The number of ether oxygens (including phenoxy) is 1. The number of nitrogens with one attached hydrogen (secondary N) is 1. The minimum atomic E-state index is 0.000376. The minimum Gasteiger partial charge on any atom is -0.494 e. The molecule has 2 rings (SSSR count). The zero-order chi connectivity index (χ0) is 14.5. The smallest absolute Gasteiger partial charge is 0.119 e. The van der Waals surface area contributed by atoms with E-state index >= 15 is 0 Å². The average molecular weight is 294 g/mol. The fourth-order valence-electron chi connectivity index (χ4n) is 2.27. The van der Waals surface area contributed by atoms with Crippen LogP contribution < -0.4 is 10.1 Å². The van der Waals surface area contributed by atoms with E-state index in [0.29, 0.717) is 11.6 Å². The van der Waals surface area contributed by atoms with Gasteiger partial charge in [0.05, 0.1) is 29.6 Å². The van der Waals surface area contributed by atoms with Crippen LogP contribution in [0.3, 0.4) is 0 Å². The van der Waals surface area contributed by atoms with Gasteiger partial charge in [-0.05, 0) is 31.2 Å². The van der Waals surface area contributed by atoms with E-state index in [1.807, 2.05) is 36.9 Å². The Morgan fingerprint density at radius 1 is 1.40 bits per heavy atom. The van der Waals surface area contributed by atoms with E-state index in [0.717, 1.165) is 23.6 Å². The van der Waals surface area contributed by atoms with Gasteiger partial charge in [-0.1, -0.05) is 30.7 Å². The summed E-state index contributed by atoms with van der Waals surface area (Å²) in [5, 5.41) is 8.34. The number of hydrogen-bond donors (Lipinski definition) is 1. The molecular formula is C15H20ClN3O. The van der Waals surface area contributed by atoms with Gasteiger partial charge in [-0.15, -0.1) is 0 Å². The number of benzene rings is 1. The first-order valence-corrected chi connectivity index (χ1v) is 7.18. The van der Waals surface area contributed by atoms with Crippen LogP contribution in [0.2, 0.25) is 5.02 Å². The summed E-state index contributed by atoms with van der Waals surface area (Å²) in [7, 11) is 1.90. The summed E-state index contributed by atoms with van der Waals surface area (Å²) in [6, 6.07) is 8.06. The second-order valence-electron chi connectivity index (χ2n) is 4.50. The number of aromatic nitrogens is 2. The predicted molar refractivity (Wildman–Crippen MR) is 81.3 cm³/mol. The van der Waals surface area contributed by atoms with Crippen LogP contribution in [0.5, 0.6) is 5.75 Å². The van der Waals surface area contributed by atoms with Crippen molar-refractivity contribution < 1.29 is 4.74 Å². The molecule has 0 aliphatic carbocycles. The topological polar surface area (TPSA) is 39.1 Å². The van der Waals surface area contributed by atoms with Crippen LogP contribution in [0.25, 0.3) is 0 Å². The van der Waals surface area contributed by atoms with E-state index in [2.05, 4.69) is 23.4 Å². The molecule has 0 saturated carbocycles. The summed E-state index contributed by atoms with van der Waals surface area (Å²) in [6.45, 7) is 5.54. The summed E-state index contributed by atoms with van der Waals surface area (Å²) in [5.41, 5.74) is 2.07. The van der Waals surface area contributed by atoms with Crippen molar-refractivity contribution >= 4 is 11.6 Å². The van der Waals surface area contributed by atoms with Crippen molar-refractivity contribution in [3.63, 3.8) is 0 Å². The third-order valence-corrected chi connectivity index (χ3v) is 3.41. The van der Waals surface area contributed by atoms with Crippen molar-refractivity contribution in [1.82, 2.24) is 15.1 Å². The van der Waals surface area contributed by atoms with Gasteiger partial charge in [0.15, 0.2) is 0 Å². The highest BCUT2D eigenvalue weighted by Gasteiger charge is 2.20. The molecule has 1 unspecified atom stereocenters. The van der Waals surface area contributed by atoms with Crippen LogP contribution in [-0.2, 0) is 7.05 Å². The Morgan fingerprint density at radius 2 is 2.20 bits per heavy atom. The monoisotopic (exact) mass is 293 g/mol. The second-order valence-corrected chi connectivity index (χ2v) is 4.90. The number of hydrogen-bond acceptors (Lipinski definition) is 3. The number of aryl methyl sites for hydroxylation is 1. The van der Waals surface area contributed by atoms with Gasteiger partial charge in [0.1, 0.15) is 5.75 Å². The molecule has 1 atom stereocenters. The van der Waals surface area contributed by atoms with Crippen molar-refractivity contribution in [2.24, 2.45) is 7.05 Å². The lowest BCUT2D eigenvalue weighted by Crippen LogP contribution is -2.24. The van der Waals surface area contributed by atoms with Gasteiger partial charge in [0.2, 0.25) is 0 Å². The maximum absolute atomic E-state index is 6.27. The van der Waals surface area contributed by atoms with Crippen LogP contribution in [0, 0.1) is 0 Å². The summed E-state index contributed by atoms with van der Waals surface area (Å²) in [6.07, 6.45) is 1.67. The lowest BCUT2D eigenvalue weighted by molar-refractivity contribution is 0.339. The fourth-order valence-corrected chi connectivity index (χ4v) is 2.55. The van der Waals surface area contributed by atoms with Gasteiger partial charge >= 0.3 is 0 Å². The highest BCUT2D eigenvalue weighted by molar-refractivity contribution is 6.31. The Labute approximate surface area is 124 Å². The Kier molecular flexibility index (Phi) is 5.04. The number of rotatable bonds is 6. The van der Waals surface area contributed by atoms with Crippen molar-refractivity contribution in [3.8, 4) is 5.75 Å². The first-order chi connectivity index (χ1) is 9.67. The van der Waals surface area contributed by atoms with E-state index in [4.69, 9.17) is 16.3 Å². The Morgan fingerprint density at radius 3 is 2.80 bits per heavy atom. The van der Waals surface area contributed by atoms with E-state index in [-0.39, 0.29) is 6.04 Å². The molecule has 5 heteroatoms. The first kappa shape index (κ1) is 14.9. The molecule has 4 nitrogen and oxygen atoms in total. The van der Waals surface area contributed by atoms with Crippen molar-refractivity contribution in [3.05, 3.63) is 46.7 Å². The van der Waals surface area contributed by atoms with Crippen LogP contribution in [0.4, 0.5) is 0 Å². The summed E-state index contributed by atoms with van der Waals surface area (Å²) in [4.78, 5) is 0. The summed E-state index contributed by atoms with van der Waals surface area (Å²) >= 11 is 6.27. The van der Waals surface area contributed by atoms with Gasteiger partial charge in [-0.3, -0.25) is 4.68 Å². The van der Waals surface area contributed by atoms with Crippen molar-refractivity contribution in [1.29, 1.82) is 0 Å². The minimum absolute atomic E-state index is 0.000376. The largest absolute Gasteiger partial charge is 0.494 e. The zero-order valence-electron chi connectivity index (χ0n) is 12.1. The van der Waals surface area contributed by atoms with Gasteiger partial charge in [0, 0.05) is 7.05 Å². The molecule has 2 aromatic rings. The molecule has 1 aromatic carbocycles. The Bertz CT molecular complexity index is 548. The normalized spacial score (nSPS) is 12.4. The third-order valence-electron chi connectivity index (χ3n) is 3.12. The predicted octanol–water partition coefficient (Wildman–Crippen LogP) is 3.17. The molecule has 1 N–H and O–H groups in total. The number of nitrogens with zero attached hydrogens (tertiary/aromatic N) is 2. The zero-order valence-corrected chi connectivity index (χ0v) is 12.8. The van der Waals surface area contributed by atoms with Crippen LogP contribution in [-0.4, -0.2) is 22.9 Å². The highest BCUT2D eigenvalue weighted by atomic mass is 35.5. The van der Waals surface area contributed by atoms with E-state index in [1.54, 1.807) is 6.20 Å². The molecule has 0 bridgehead atoms. The fraction of sp³-hybridized carbons (Fsp3) is 0.400. The standard InChI is InChI=1S/C15H20ClN3O/c1-4-17-14(15-13(16)10-18-19(15)3)11-7-6-8-12(9-11)20-5-2/h6-10,14,17H,4-5H2,1-3H3. The van der Waals surface area contributed by atoms with Crippen molar-refractivity contribution in [2.75, 3.05) is 13.2 Å². The van der Waals surface area contributed by atoms with Gasteiger partial charge in [-0.2, -0.15) is 5.10 Å². The average Bonchev–Trinajstić information content (AvgIpc) is 2.77. The molecule has 108 valence electrons. The summed E-state index contributed by atoms with van der Waals surface area (Å²) in [5.74, 6) is 0.867. The lowest BCUT2D eigenvalue weighted by atomic mass is 10.0. The second kappa shape index (κ2) is 6.77.